The molecule has 0 bridgehead atoms. The Labute approximate surface area is 223 Å². The molecule has 0 radical (unpaired) electrons. The van der Waals surface area contributed by atoms with Gasteiger partial charge in [0, 0.05) is 36.3 Å². The van der Waals surface area contributed by atoms with Gasteiger partial charge >= 0.3 is 0 Å². The van der Waals surface area contributed by atoms with Gasteiger partial charge in [0.2, 0.25) is 0 Å². The Morgan fingerprint density at radius 1 is 0.789 bits per heavy atom. The highest BCUT2D eigenvalue weighted by Gasteiger charge is 2.29. The quantitative estimate of drug-likeness (QED) is 0.437. The van der Waals surface area contributed by atoms with Gasteiger partial charge < -0.3 is 14.4 Å². The second-order valence-corrected chi connectivity index (χ2v) is 9.48. The molecular formula is C32H32N2O4. The first-order chi connectivity index (χ1) is 18.7. The topological polar surface area (TPSA) is 59.1 Å². The van der Waals surface area contributed by atoms with Gasteiger partial charge in [-0.2, -0.15) is 0 Å². The Morgan fingerprint density at radius 2 is 1.34 bits per heavy atom. The summed E-state index contributed by atoms with van der Waals surface area (Å²) in [4.78, 5) is 31.0. The molecular weight excluding hydrogens is 476 g/mol. The fraction of sp³-hybridized carbons (Fsp3) is 0.250. The van der Waals surface area contributed by atoms with E-state index in [1.54, 1.807) is 17.0 Å². The minimum atomic E-state index is -0.115. The number of benzene rings is 3. The number of rotatable bonds is 7. The van der Waals surface area contributed by atoms with Crippen LogP contribution in [0.4, 0.5) is 0 Å². The lowest BCUT2D eigenvalue weighted by molar-refractivity contribution is -0.113. The molecule has 0 aliphatic carbocycles. The number of Topliss-reactive ketones (excluding diaryl/α,β-unsaturated/α-hetero) is 1. The lowest BCUT2D eigenvalue weighted by atomic mass is 9.93. The van der Waals surface area contributed by atoms with Crippen molar-refractivity contribution in [3.8, 4) is 5.75 Å². The van der Waals surface area contributed by atoms with Crippen LogP contribution in [0.2, 0.25) is 0 Å². The van der Waals surface area contributed by atoms with Gasteiger partial charge in [-0.3, -0.25) is 14.5 Å². The summed E-state index contributed by atoms with van der Waals surface area (Å²) in [6.07, 6.45) is 3.76. The number of ether oxygens (including phenoxy) is 2. The normalized spacial score (nSPS) is 18.6. The third-order valence-electron chi connectivity index (χ3n) is 6.76. The predicted molar refractivity (Wildman–Crippen MR) is 149 cm³/mol. The number of hydrogen-bond acceptors (Lipinski definition) is 5. The second-order valence-electron chi connectivity index (χ2n) is 9.48. The number of nitrogens with zero attached hydrogens (tertiary/aromatic N) is 2. The standard InChI is InChI=1S/C32H32N2O4/c35-31-28(21-25-7-3-1-4-8-25)23-34(24-29(31)22-26-9-5-2-6-10-26)32(36)27-11-13-30(14-12-27)38-20-17-33-15-18-37-19-16-33/h1-14,21-22H,15-20,23-24H2. The molecule has 1 amide bonds. The van der Waals surface area contributed by atoms with Crippen molar-refractivity contribution in [3.63, 3.8) is 0 Å². The molecule has 3 aromatic rings. The Kier molecular flexibility index (Phi) is 8.43. The third-order valence-corrected chi connectivity index (χ3v) is 6.76. The summed E-state index contributed by atoms with van der Waals surface area (Å²) in [5.74, 6) is 0.596. The Balaban J connectivity index is 1.31. The van der Waals surface area contributed by atoms with Crippen LogP contribution in [-0.2, 0) is 9.53 Å². The Hall–Kier alpha value is -4.00. The van der Waals surface area contributed by atoms with Crippen LogP contribution in [0.3, 0.4) is 0 Å². The summed E-state index contributed by atoms with van der Waals surface area (Å²) in [6, 6.07) is 26.7. The number of piperidine rings is 1. The molecule has 2 fully saturated rings. The molecule has 0 N–H and O–H groups in total. The molecule has 2 saturated heterocycles. The minimum Gasteiger partial charge on any atom is -0.492 e. The summed E-state index contributed by atoms with van der Waals surface area (Å²) >= 11 is 0. The largest absolute Gasteiger partial charge is 0.492 e. The third kappa shape index (κ3) is 6.65. The van der Waals surface area contributed by atoms with Gasteiger partial charge in [-0.05, 0) is 47.5 Å². The van der Waals surface area contributed by atoms with E-state index in [0.29, 0.717) is 23.3 Å². The van der Waals surface area contributed by atoms with E-state index in [9.17, 15) is 9.59 Å². The van der Waals surface area contributed by atoms with E-state index in [-0.39, 0.29) is 24.8 Å². The summed E-state index contributed by atoms with van der Waals surface area (Å²) < 4.78 is 11.3. The number of morpholine rings is 1. The molecule has 0 aromatic heterocycles. The summed E-state index contributed by atoms with van der Waals surface area (Å²) in [5.41, 5.74) is 3.63. The van der Waals surface area contributed by atoms with E-state index in [4.69, 9.17) is 9.47 Å². The van der Waals surface area contributed by atoms with E-state index in [2.05, 4.69) is 4.90 Å². The molecule has 194 valence electrons. The fourth-order valence-electron chi connectivity index (χ4n) is 4.68. The van der Waals surface area contributed by atoms with Crippen molar-refractivity contribution in [2.45, 2.75) is 0 Å². The maximum Gasteiger partial charge on any atom is 0.254 e. The van der Waals surface area contributed by atoms with Gasteiger partial charge in [0.1, 0.15) is 12.4 Å². The van der Waals surface area contributed by atoms with Crippen molar-refractivity contribution in [1.82, 2.24) is 9.80 Å². The van der Waals surface area contributed by atoms with Crippen LogP contribution in [0.25, 0.3) is 12.2 Å². The SMILES string of the molecule is O=C1C(=Cc2ccccc2)CN(C(=O)c2ccc(OCCN3CCOCC3)cc2)CC1=Cc1ccccc1. The monoisotopic (exact) mass is 508 g/mol. The molecule has 2 aliphatic heterocycles. The van der Waals surface area contributed by atoms with Crippen molar-refractivity contribution in [3.05, 3.63) is 113 Å². The van der Waals surface area contributed by atoms with Gasteiger partial charge in [0.05, 0.1) is 26.3 Å². The molecule has 0 spiro atoms. The second kappa shape index (κ2) is 12.5. The maximum atomic E-state index is 13.5. The van der Waals surface area contributed by atoms with E-state index in [1.165, 1.54) is 0 Å². The molecule has 0 atom stereocenters. The Bertz CT molecular complexity index is 1230. The first kappa shape index (κ1) is 25.6. The summed E-state index contributed by atoms with van der Waals surface area (Å²) in [6.45, 7) is 5.34. The minimum absolute atomic E-state index is 0.0224. The van der Waals surface area contributed by atoms with Crippen LogP contribution in [0.1, 0.15) is 21.5 Å². The molecule has 5 rings (SSSR count). The van der Waals surface area contributed by atoms with Crippen LogP contribution in [0.5, 0.6) is 5.75 Å². The smallest absolute Gasteiger partial charge is 0.254 e. The van der Waals surface area contributed by atoms with Gasteiger partial charge in [-0.25, -0.2) is 0 Å². The van der Waals surface area contributed by atoms with Crippen LogP contribution in [0, 0.1) is 0 Å². The number of carbonyl (C=O) groups is 2. The molecule has 2 aliphatic rings. The zero-order valence-electron chi connectivity index (χ0n) is 21.4. The van der Waals surface area contributed by atoms with Crippen LogP contribution in [-0.4, -0.2) is 74.0 Å². The highest BCUT2D eigenvalue weighted by atomic mass is 16.5. The molecule has 6 heteroatoms. The summed E-state index contributed by atoms with van der Waals surface area (Å²) in [5, 5.41) is 0. The van der Waals surface area contributed by atoms with Crippen molar-refractivity contribution < 1.29 is 19.1 Å². The van der Waals surface area contributed by atoms with E-state index in [1.807, 2.05) is 84.9 Å². The first-order valence-corrected chi connectivity index (χ1v) is 13.0. The van der Waals surface area contributed by atoms with Crippen molar-refractivity contribution in [2.75, 3.05) is 52.5 Å². The zero-order valence-corrected chi connectivity index (χ0v) is 21.4. The van der Waals surface area contributed by atoms with Crippen molar-refractivity contribution in [1.29, 1.82) is 0 Å². The van der Waals surface area contributed by atoms with Crippen molar-refractivity contribution >= 4 is 23.8 Å². The van der Waals surface area contributed by atoms with Crippen molar-refractivity contribution in [2.24, 2.45) is 0 Å². The van der Waals surface area contributed by atoms with Gasteiger partial charge in [0.25, 0.3) is 5.91 Å². The van der Waals surface area contributed by atoms with Crippen LogP contribution >= 0.6 is 0 Å². The number of carbonyl (C=O) groups excluding carboxylic acids is 2. The van der Waals surface area contributed by atoms with Crippen LogP contribution in [0.15, 0.2) is 96.1 Å². The number of hydrogen-bond donors (Lipinski definition) is 0. The van der Waals surface area contributed by atoms with E-state index in [0.717, 1.165) is 49.7 Å². The van der Waals surface area contributed by atoms with Gasteiger partial charge in [-0.15, -0.1) is 0 Å². The van der Waals surface area contributed by atoms with E-state index < -0.39 is 0 Å². The number of amides is 1. The molecule has 0 saturated carbocycles. The number of ketones is 1. The molecule has 0 unspecified atom stereocenters. The average molecular weight is 509 g/mol. The highest BCUT2D eigenvalue weighted by molar-refractivity contribution is 6.15. The first-order valence-electron chi connectivity index (χ1n) is 13.0. The molecule has 3 aromatic carbocycles. The number of likely N-dealkylation sites (tertiary alicyclic amines) is 1. The molecule has 38 heavy (non-hydrogen) atoms. The van der Waals surface area contributed by atoms with Gasteiger partial charge in [0.15, 0.2) is 5.78 Å². The fourth-order valence-corrected chi connectivity index (χ4v) is 4.68. The predicted octanol–water partition coefficient (Wildman–Crippen LogP) is 4.59. The lowest BCUT2D eigenvalue weighted by Gasteiger charge is -2.30. The van der Waals surface area contributed by atoms with E-state index >= 15 is 0 Å². The van der Waals surface area contributed by atoms with Crippen LogP contribution < -0.4 is 4.74 Å². The zero-order chi connectivity index (χ0) is 26.2. The lowest BCUT2D eigenvalue weighted by Crippen LogP contribution is -2.41. The average Bonchev–Trinajstić information content (AvgIpc) is 2.97. The Morgan fingerprint density at radius 3 is 1.89 bits per heavy atom. The molecule has 6 nitrogen and oxygen atoms in total. The van der Waals surface area contributed by atoms with Gasteiger partial charge in [-0.1, -0.05) is 60.7 Å². The molecule has 2 heterocycles. The highest BCUT2D eigenvalue weighted by Crippen LogP contribution is 2.24. The maximum absolute atomic E-state index is 13.5. The summed E-state index contributed by atoms with van der Waals surface area (Å²) in [7, 11) is 0.